The molecule has 2 radical (unpaired) electrons. The Morgan fingerprint density at radius 2 is 1.75 bits per heavy atom. The van der Waals surface area contributed by atoms with Gasteiger partial charge in [0.2, 0.25) is 0 Å². The molecule has 0 amide bonds. The minimum atomic E-state index is -1.08. The summed E-state index contributed by atoms with van der Waals surface area (Å²) in [6.07, 6.45) is 1.09. The summed E-state index contributed by atoms with van der Waals surface area (Å²) in [6, 6.07) is 17.2. The Hall–Kier alpha value is -0.348. The van der Waals surface area contributed by atoms with E-state index in [0.29, 0.717) is 0 Å². The van der Waals surface area contributed by atoms with Crippen LogP contribution in [0.5, 0.6) is 0 Å². The van der Waals surface area contributed by atoms with E-state index in [1.807, 2.05) is 6.07 Å². The Labute approximate surface area is 112 Å². The molecule has 0 saturated carbocycles. The standard InChI is InChI=1S/C14H13.ClH.Pb/c1-2-12-8-10-14(11-9-12)13-6-4-3-5-7-13;;/h3-8,10-11H,2H2,1H3;1H;/q;;+1/p-1. The molecule has 0 bridgehead atoms. The molecule has 2 aromatic carbocycles. The van der Waals surface area contributed by atoms with Gasteiger partial charge < -0.3 is 0 Å². The molecular weight excluding hydrogens is 411 g/mol. The van der Waals surface area contributed by atoms with Gasteiger partial charge >= 0.3 is 113 Å². The summed E-state index contributed by atoms with van der Waals surface area (Å²) in [7, 11) is 6.16. The zero-order valence-electron chi connectivity index (χ0n) is 9.20. The normalized spacial score (nSPS) is 10.4. The van der Waals surface area contributed by atoms with Crippen LogP contribution in [0.3, 0.4) is 0 Å². The van der Waals surface area contributed by atoms with Gasteiger partial charge in [-0.3, -0.25) is 0 Å². The molecule has 2 aromatic rings. The predicted octanol–water partition coefficient (Wildman–Crippen LogP) is 3.40. The first-order chi connectivity index (χ1) is 7.85. The molecule has 0 nitrogen and oxygen atoms in total. The van der Waals surface area contributed by atoms with E-state index in [9.17, 15) is 0 Å². The zero-order valence-corrected chi connectivity index (χ0v) is 13.8. The molecule has 0 aliphatic rings. The Balaban J connectivity index is 2.44. The number of rotatable bonds is 3. The van der Waals surface area contributed by atoms with Crippen LogP contribution in [-0.2, 0) is 6.42 Å². The summed E-state index contributed by atoms with van der Waals surface area (Å²) >= 11 is -1.08. The summed E-state index contributed by atoms with van der Waals surface area (Å²) in [4.78, 5) is 0. The molecule has 0 saturated heterocycles. The molecule has 0 spiro atoms. The second-order valence-electron chi connectivity index (χ2n) is 3.69. The van der Waals surface area contributed by atoms with Crippen molar-refractivity contribution >= 4 is 34.5 Å². The molecule has 0 unspecified atom stereocenters. The van der Waals surface area contributed by atoms with Crippen LogP contribution < -0.4 is 3.12 Å². The molecule has 0 aliphatic heterocycles. The fourth-order valence-electron chi connectivity index (χ4n) is 1.78. The van der Waals surface area contributed by atoms with E-state index in [4.69, 9.17) is 8.32 Å². The molecule has 0 aliphatic carbocycles. The quantitative estimate of drug-likeness (QED) is 0.664. The van der Waals surface area contributed by atoms with Gasteiger partial charge in [0, 0.05) is 0 Å². The number of halogens is 1. The molecule has 0 N–H and O–H groups in total. The van der Waals surface area contributed by atoms with E-state index in [0.717, 1.165) is 6.42 Å². The Kier molecular flexibility index (Phi) is 4.41. The van der Waals surface area contributed by atoms with Crippen molar-refractivity contribution in [2.45, 2.75) is 13.3 Å². The van der Waals surface area contributed by atoms with E-state index < -0.39 is 23.0 Å². The number of hydrogen-bond donors (Lipinski definition) is 0. The maximum absolute atomic E-state index is 6.16. The first-order valence-electron chi connectivity index (χ1n) is 5.40. The predicted molar refractivity (Wildman–Crippen MR) is 72.5 cm³/mol. The third-order valence-corrected chi connectivity index (χ3v) is 7.09. The van der Waals surface area contributed by atoms with Crippen molar-refractivity contribution in [2.75, 3.05) is 0 Å². The second-order valence-corrected chi connectivity index (χ2v) is 8.17. The average molecular weight is 424 g/mol. The van der Waals surface area contributed by atoms with Gasteiger partial charge in [0.05, 0.1) is 0 Å². The van der Waals surface area contributed by atoms with Gasteiger partial charge in [0.1, 0.15) is 0 Å². The molecule has 0 atom stereocenters. The fourth-order valence-corrected chi connectivity index (χ4v) is 5.63. The van der Waals surface area contributed by atoms with E-state index >= 15 is 0 Å². The molecule has 2 rings (SSSR count). The molecule has 2 heteroatoms. The average Bonchev–Trinajstić information content (AvgIpc) is 2.39. The van der Waals surface area contributed by atoms with Crippen LogP contribution in [0, 0.1) is 0 Å². The summed E-state index contributed by atoms with van der Waals surface area (Å²) in [6.45, 7) is 2.19. The summed E-state index contributed by atoms with van der Waals surface area (Å²) in [5.41, 5.74) is 4.00. The molecule has 0 fully saturated rings. The molecule has 80 valence electrons. The topological polar surface area (TPSA) is 0 Å². The van der Waals surface area contributed by atoms with Gasteiger partial charge in [-0.2, -0.15) is 0 Å². The number of aryl methyl sites for hydroxylation is 1. The van der Waals surface area contributed by atoms with Crippen LogP contribution in [0.1, 0.15) is 12.5 Å². The number of benzene rings is 2. The summed E-state index contributed by atoms with van der Waals surface area (Å²) < 4.78 is 1.44. The Bertz CT molecular complexity index is 465. The SMILES string of the molecule is CCc1ccc(-c2ccccc2)c[c]1[Pb][Cl]. The Morgan fingerprint density at radius 3 is 2.38 bits per heavy atom. The van der Waals surface area contributed by atoms with E-state index in [1.54, 1.807) is 0 Å². The van der Waals surface area contributed by atoms with Crippen LogP contribution in [0.15, 0.2) is 48.5 Å². The molecular formula is C14H13ClPb. The van der Waals surface area contributed by atoms with E-state index in [2.05, 4.69) is 49.4 Å². The van der Waals surface area contributed by atoms with E-state index in [-0.39, 0.29) is 0 Å². The Morgan fingerprint density at radius 1 is 1.00 bits per heavy atom. The van der Waals surface area contributed by atoms with Crippen molar-refractivity contribution in [1.82, 2.24) is 0 Å². The monoisotopic (exact) mass is 424 g/mol. The van der Waals surface area contributed by atoms with Gasteiger partial charge in [-0.05, 0) is 0 Å². The zero-order chi connectivity index (χ0) is 11.4. The third kappa shape index (κ3) is 2.66. The van der Waals surface area contributed by atoms with Crippen LogP contribution in [-0.4, -0.2) is 23.0 Å². The van der Waals surface area contributed by atoms with Crippen molar-refractivity contribution in [3.63, 3.8) is 0 Å². The van der Waals surface area contributed by atoms with Gasteiger partial charge in [-0.15, -0.1) is 0 Å². The van der Waals surface area contributed by atoms with Gasteiger partial charge in [-0.1, -0.05) is 0 Å². The molecule has 0 aromatic heterocycles. The van der Waals surface area contributed by atoms with Crippen molar-refractivity contribution in [3.8, 4) is 11.1 Å². The van der Waals surface area contributed by atoms with Crippen LogP contribution in [0.25, 0.3) is 11.1 Å². The van der Waals surface area contributed by atoms with Crippen molar-refractivity contribution in [3.05, 3.63) is 54.1 Å². The molecule has 0 heterocycles. The van der Waals surface area contributed by atoms with Crippen LogP contribution >= 0.6 is 8.32 Å². The maximum atomic E-state index is 6.16. The van der Waals surface area contributed by atoms with Crippen molar-refractivity contribution in [2.24, 2.45) is 0 Å². The first-order valence-corrected chi connectivity index (χ1v) is 12.1. The van der Waals surface area contributed by atoms with Crippen LogP contribution in [0.4, 0.5) is 0 Å². The van der Waals surface area contributed by atoms with Crippen molar-refractivity contribution in [1.29, 1.82) is 0 Å². The van der Waals surface area contributed by atoms with Crippen LogP contribution in [0.2, 0.25) is 0 Å². The first kappa shape index (κ1) is 12.1. The van der Waals surface area contributed by atoms with E-state index in [1.165, 1.54) is 19.8 Å². The summed E-state index contributed by atoms with van der Waals surface area (Å²) in [5.74, 6) is 0. The fraction of sp³-hybridized carbons (Fsp3) is 0.143. The minimum absolute atomic E-state index is 1.08. The molecule has 16 heavy (non-hydrogen) atoms. The number of hydrogen-bond acceptors (Lipinski definition) is 0. The van der Waals surface area contributed by atoms with Gasteiger partial charge in [-0.25, -0.2) is 0 Å². The second kappa shape index (κ2) is 5.83. The van der Waals surface area contributed by atoms with Crippen molar-refractivity contribution < 1.29 is 0 Å². The van der Waals surface area contributed by atoms with Gasteiger partial charge in [0.25, 0.3) is 0 Å². The third-order valence-electron chi connectivity index (χ3n) is 2.70. The summed E-state index contributed by atoms with van der Waals surface area (Å²) in [5, 5.41) is 0. The van der Waals surface area contributed by atoms with Gasteiger partial charge in [0.15, 0.2) is 0 Å².